The maximum absolute atomic E-state index is 6.13. The van der Waals surface area contributed by atoms with E-state index in [1.54, 1.807) is 0 Å². The van der Waals surface area contributed by atoms with Gasteiger partial charge in [0.05, 0.1) is 16.8 Å². The normalized spacial score (nSPS) is 10.4. The Bertz CT molecular complexity index is 470. The molecule has 0 saturated heterocycles. The molecule has 3 nitrogen and oxygen atoms in total. The summed E-state index contributed by atoms with van der Waals surface area (Å²) >= 11 is 7.33. The zero-order valence-electron chi connectivity index (χ0n) is 8.90. The van der Waals surface area contributed by atoms with E-state index < -0.39 is 0 Å². The molecule has 2 rings (SSSR count). The molecule has 16 heavy (non-hydrogen) atoms. The Morgan fingerprint density at radius 1 is 1.31 bits per heavy atom. The maximum atomic E-state index is 6.13. The monoisotopic (exact) mass is 253 g/mol. The molecule has 0 aliphatic rings. The lowest BCUT2D eigenvalue weighted by atomic mass is 10.1. The van der Waals surface area contributed by atoms with Crippen LogP contribution in [0.15, 0.2) is 24.3 Å². The zero-order valence-corrected chi connectivity index (χ0v) is 10.5. The van der Waals surface area contributed by atoms with Crippen molar-refractivity contribution in [1.82, 2.24) is 8.75 Å². The Hall–Kier alpha value is -1.13. The summed E-state index contributed by atoms with van der Waals surface area (Å²) in [6.07, 6.45) is 1.06. The van der Waals surface area contributed by atoms with Crippen LogP contribution in [0.25, 0.3) is 11.3 Å². The Morgan fingerprint density at radius 2 is 2.12 bits per heavy atom. The van der Waals surface area contributed by atoms with Crippen molar-refractivity contribution in [3.63, 3.8) is 0 Å². The predicted molar refractivity (Wildman–Crippen MR) is 69.1 cm³/mol. The molecule has 0 atom stereocenters. The van der Waals surface area contributed by atoms with Gasteiger partial charge in [0.25, 0.3) is 0 Å². The fraction of sp³-hybridized carbons (Fsp3) is 0.273. The first-order valence-electron chi connectivity index (χ1n) is 5.14. The van der Waals surface area contributed by atoms with Gasteiger partial charge in [-0.1, -0.05) is 36.7 Å². The van der Waals surface area contributed by atoms with E-state index in [0.29, 0.717) is 5.02 Å². The van der Waals surface area contributed by atoms with Gasteiger partial charge in [-0.05, 0) is 12.5 Å². The molecule has 0 aliphatic heterocycles. The first-order chi connectivity index (χ1) is 7.83. The lowest BCUT2D eigenvalue weighted by molar-refractivity contribution is 0.974. The average Bonchev–Trinajstić information content (AvgIpc) is 2.75. The number of hydrogen-bond acceptors (Lipinski definition) is 4. The highest BCUT2D eigenvalue weighted by Crippen LogP contribution is 2.31. The number of hydrogen-bond donors (Lipinski definition) is 1. The van der Waals surface area contributed by atoms with Crippen molar-refractivity contribution in [3.05, 3.63) is 29.3 Å². The fourth-order valence-electron chi connectivity index (χ4n) is 1.38. The third-order valence-corrected chi connectivity index (χ3v) is 3.02. The van der Waals surface area contributed by atoms with Crippen LogP contribution in [-0.2, 0) is 0 Å². The number of aromatic nitrogens is 2. The molecule has 0 unspecified atom stereocenters. The van der Waals surface area contributed by atoms with Gasteiger partial charge in [-0.3, -0.25) is 0 Å². The summed E-state index contributed by atoms with van der Waals surface area (Å²) in [4.78, 5) is 0. The van der Waals surface area contributed by atoms with E-state index in [-0.39, 0.29) is 0 Å². The summed E-state index contributed by atoms with van der Waals surface area (Å²) in [6, 6.07) is 7.67. The molecule has 0 saturated carbocycles. The summed E-state index contributed by atoms with van der Waals surface area (Å²) in [7, 11) is 0. The van der Waals surface area contributed by atoms with Crippen LogP contribution in [0.3, 0.4) is 0 Å². The van der Waals surface area contributed by atoms with Gasteiger partial charge in [0.1, 0.15) is 5.69 Å². The van der Waals surface area contributed by atoms with Crippen LogP contribution in [0.5, 0.6) is 0 Å². The van der Waals surface area contributed by atoms with Gasteiger partial charge >= 0.3 is 0 Å². The van der Waals surface area contributed by atoms with E-state index in [9.17, 15) is 0 Å². The Kier molecular flexibility index (Phi) is 3.74. The molecule has 0 radical (unpaired) electrons. The van der Waals surface area contributed by atoms with Crippen LogP contribution in [0, 0.1) is 0 Å². The SMILES string of the molecule is CCCNc1nsnc1-c1ccccc1Cl. The largest absolute Gasteiger partial charge is 0.367 e. The van der Waals surface area contributed by atoms with E-state index in [4.69, 9.17) is 11.6 Å². The summed E-state index contributed by atoms with van der Waals surface area (Å²) in [5.41, 5.74) is 1.76. The molecule has 1 N–H and O–H groups in total. The quantitative estimate of drug-likeness (QED) is 0.903. The first kappa shape index (κ1) is 11.4. The smallest absolute Gasteiger partial charge is 0.168 e. The topological polar surface area (TPSA) is 37.8 Å². The number of halogens is 1. The van der Waals surface area contributed by atoms with E-state index >= 15 is 0 Å². The van der Waals surface area contributed by atoms with Crippen LogP contribution >= 0.6 is 23.3 Å². The van der Waals surface area contributed by atoms with Gasteiger partial charge < -0.3 is 5.32 Å². The molecule has 1 heterocycles. The highest BCUT2D eigenvalue weighted by atomic mass is 35.5. The number of nitrogens with zero attached hydrogens (tertiary/aromatic N) is 2. The van der Waals surface area contributed by atoms with Crippen molar-refractivity contribution in [2.24, 2.45) is 0 Å². The highest BCUT2D eigenvalue weighted by Gasteiger charge is 2.12. The van der Waals surface area contributed by atoms with E-state index in [1.165, 1.54) is 11.7 Å². The number of anilines is 1. The minimum absolute atomic E-state index is 0.703. The molecule has 84 valence electrons. The second-order valence-corrected chi connectivity index (χ2v) is 4.30. The fourth-order valence-corrected chi connectivity index (χ4v) is 2.14. The third-order valence-electron chi connectivity index (χ3n) is 2.16. The minimum Gasteiger partial charge on any atom is -0.367 e. The molecule has 1 aromatic heterocycles. The van der Waals surface area contributed by atoms with E-state index in [2.05, 4.69) is 21.0 Å². The summed E-state index contributed by atoms with van der Waals surface area (Å²) in [5, 5.41) is 3.95. The van der Waals surface area contributed by atoms with Gasteiger partial charge in [0.15, 0.2) is 5.82 Å². The Labute approximate surface area is 104 Å². The predicted octanol–water partition coefficient (Wildman–Crippen LogP) is 3.68. The van der Waals surface area contributed by atoms with Crippen molar-refractivity contribution in [3.8, 4) is 11.3 Å². The van der Waals surface area contributed by atoms with Crippen LogP contribution < -0.4 is 5.32 Å². The molecule has 0 fully saturated rings. The molecule has 1 aromatic carbocycles. The number of rotatable bonds is 4. The van der Waals surface area contributed by atoms with Crippen LogP contribution in [0.1, 0.15) is 13.3 Å². The zero-order chi connectivity index (χ0) is 11.4. The third kappa shape index (κ3) is 2.33. The van der Waals surface area contributed by atoms with Gasteiger partial charge in [0.2, 0.25) is 0 Å². The van der Waals surface area contributed by atoms with Crippen LogP contribution in [0.4, 0.5) is 5.82 Å². The van der Waals surface area contributed by atoms with Gasteiger partial charge in [-0.25, -0.2) is 0 Å². The van der Waals surface area contributed by atoms with Crippen molar-refractivity contribution in [2.75, 3.05) is 11.9 Å². The van der Waals surface area contributed by atoms with Crippen LogP contribution in [0.2, 0.25) is 5.02 Å². The molecule has 5 heteroatoms. The summed E-state index contributed by atoms with van der Waals surface area (Å²) in [6.45, 7) is 3.00. The molecule has 0 aliphatic carbocycles. The average molecular weight is 254 g/mol. The van der Waals surface area contributed by atoms with Crippen molar-refractivity contribution >= 4 is 29.1 Å². The standard InChI is InChI=1S/C11H12ClN3S/c1-2-7-13-11-10(14-16-15-11)8-5-3-4-6-9(8)12/h3-6H,2,7H2,1H3,(H,13,15). The highest BCUT2D eigenvalue weighted by molar-refractivity contribution is 6.99. The van der Waals surface area contributed by atoms with Crippen molar-refractivity contribution in [2.45, 2.75) is 13.3 Å². The van der Waals surface area contributed by atoms with E-state index in [1.807, 2.05) is 24.3 Å². The maximum Gasteiger partial charge on any atom is 0.168 e. The second-order valence-electron chi connectivity index (χ2n) is 3.37. The lowest BCUT2D eigenvalue weighted by Crippen LogP contribution is -2.01. The first-order valence-corrected chi connectivity index (χ1v) is 6.25. The number of benzene rings is 1. The molecule has 0 spiro atoms. The molecule has 0 amide bonds. The molecular formula is C11H12ClN3S. The molecule has 0 bridgehead atoms. The molecule has 2 aromatic rings. The Balaban J connectivity index is 2.33. The lowest BCUT2D eigenvalue weighted by Gasteiger charge is -2.04. The summed E-state index contributed by atoms with van der Waals surface area (Å²) < 4.78 is 8.52. The Morgan fingerprint density at radius 3 is 2.88 bits per heavy atom. The van der Waals surface area contributed by atoms with Crippen molar-refractivity contribution in [1.29, 1.82) is 0 Å². The van der Waals surface area contributed by atoms with Crippen LogP contribution in [-0.4, -0.2) is 15.3 Å². The van der Waals surface area contributed by atoms with Gasteiger partial charge in [-0.2, -0.15) is 8.75 Å². The number of nitrogens with one attached hydrogen (secondary N) is 1. The minimum atomic E-state index is 0.703. The van der Waals surface area contributed by atoms with Crippen molar-refractivity contribution < 1.29 is 0 Å². The summed E-state index contributed by atoms with van der Waals surface area (Å²) in [5.74, 6) is 0.819. The van der Waals surface area contributed by atoms with Gasteiger partial charge in [0, 0.05) is 12.1 Å². The molecular weight excluding hydrogens is 242 g/mol. The van der Waals surface area contributed by atoms with Gasteiger partial charge in [-0.15, -0.1) is 0 Å². The van der Waals surface area contributed by atoms with E-state index in [0.717, 1.165) is 30.0 Å². The second kappa shape index (κ2) is 5.27.